The van der Waals surface area contributed by atoms with Crippen molar-refractivity contribution < 1.29 is 27.5 Å². The summed E-state index contributed by atoms with van der Waals surface area (Å²) in [7, 11) is 0. The molecule has 2 aliphatic heterocycles. The summed E-state index contributed by atoms with van der Waals surface area (Å²) in [4.78, 5) is 24.3. The number of alkyl halides is 3. The van der Waals surface area contributed by atoms with Crippen LogP contribution in [0.4, 0.5) is 18.9 Å². The molecular formula is C15H15F3N2O3. The molecule has 2 aliphatic rings. The van der Waals surface area contributed by atoms with Gasteiger partial charge in [-0.15, -0.1) is 0 Å². The molecule has 0 aliphatic carbocycles. The van der Waals surface area contributed by atoms with Gasteiger partial charge in [0.1, 0.15) is 11.8 Å². The second-order valence-corrected chi connectivity index (χ2v) is 5.54. The van der Waals surface area contributed by atoms with Gasteiger partial charge in [-0.05, 0) is 24.5 Å². The molecule has 1 aromatic carbocycles. The molecular weight excluding hydrogens is 313 g/mol. The maximum atomic E-state index is 12.6. The molecule has 3 rings (SSSR count). The number of carbonyl (C=O) groups excluding carboxylic acids is 2. The summed E-state index contributed by atoms with van der Waals surface area (Å²) in [5.74, 6) is -2.04. The number of amides is 2. The van der Waals surface area contributed by atoms with Crippen molar-refractivity contribution in [2.75, 3.05) is 18.5 Å². The minimum absolute atomic E-state index is 0.0696. The van der Waals surface area contributed by atoms with Crippen LogP contribution in [0.5, 0.6) is 5.75 Å². The Kier molecular flexibility index (Phi) is 3.91. The molecule has 1 N–H and O–H groups in total. The fourth-order valence-electron chi connectivity index (χ4n) is 2.97. The van der Waals surface area contributed by atoms with Gasteiger partial charge in [-0.1, -0.05) is 12.1 Å². The highest BCUT2D eigenvalue weighted by molar-refractivity contribution is 5.99. The Balaban J connectivity index is 1.76. The topological polar surface area (TPSA) is 58.6 Å². The van der Waals surface area contributed by atoms with Crippen LogP contribution in [-0.2, 0) is 16.0 Å². The van der Waals surface area contributed by atoms with Crippen molar-refractivity contribution in [2.24, 2.45) is 0 Å². The number of likely N-dealkylation sites (tertiary alicyclic amines) is 1. The second kappa shape index (κ2) is 5.75. The van der Waals surface area contributed by atoms with Gasteiger partial charge < -0.3 is 15.0 Å². The molecule has 8 heteroatoms. The summed E-state index contributed by atoms with van der Waals surface area (Å²) in [6, 6.07) is 4.14. The molecule has 0 bridgehead atoms. The first-order chi connectivity index (χ1) is 10.9. The molecule has 5 nitrogen and oxygen atoms in total. The number of carbonyl (C=O) groups is 2. The van der Waals surface area contributed by atoms with Crippen LogP contribution in [0.1, 0.15) is 18.4 Å². The first-order valence-corrected chi connectivity index (χ1v) is 7.31. The molecule has 0 saturated carbocycles. The van der Waals surface area contributed by atoms with E-state index in [1.54, 1.807) is 12.1 Å². The lowest BCUT2D eigenvalue weighted by molar-refractivity contribution is -0.186. The van der Waals surface area contributed by atoms with Crippen molar-refractivity contribution in [1.82, 2.24) is 4.90 Å². The standard InChI is InChI=1S/C15H15F3N2O3/c16-15(17,18)14(22)20-7-2-5-11(20)13(21)19-10-4-1-3-9-6-8-23-12(9)10/h1,3-4,11H,2,5-8H2,(H,19,21). The van der Waals surface area contributed by atoms with Crippen molar-refractivity contribution >= 4 is 17.5 Å². The van der Waals surface area contributed by atoms with Crippen LogP contribution in [0, 0.1) is 0 Å². The number of ether oxygens (including phenoxy) is 1. The van der Waals surface area contributed by atoms with Crippen LogP contribution >= 0.6 is 0 Å². The Labute approximate surface area is 130 Å². The lowest BCUT2D eigenvalue weighted by Gasteiger charge is -2.25. The highest BCUT2D eigenvalue weighted by atomic mass is 19.4. The minimum atomic E-state index is -4.97. The van der Waals surface area contributed by atoms with Crippen molar-refractivity contribution in [3.63, 3.8) is 0 Å². The summed E-state index contributed by atoms with van der Waals surface area (Å²) in [5, 5.41) is 2.60. The molecule has 23 heavy (non-hydrogen) atoms. The molecule has 2 amide bonds. The maximum Gasteiger partial charge on any atom is 0.471 e. The zero-order valence-corrected chi connectivity index (χ0v) is 12.2. The third kappa shape index (κ3) is 2.97. The van der Waals surface area contributed by atoms with Crippen molar-refractivity contribution in [3.8, 4) is 5.75 Å². The predicted octanol–water partition coefficient (Wildman–Crippen LogP) is 2.11. The van der Waals surface area contributed by atoms with Crippen LogP contribution < -0.4 is 10.1 Å². The summed E-state index contributed by atoms with van der Waals surface area (Å²) >= 11 is 0. The quantitative estimate of drug-likeness (QED) is 0.905. The van der Waals surface area contributed by atoms with E-state index in [-0.39, 0.29) is 13.0 Å². The number of para-hydroxylation sites is 1. The van der Waals surface area contributed by atoms with E-state index in [1.807, 2.05) is 6.07 Å². The third-order valence-corrected chi connectivity index (χ3v) is 4.03. The summed E-state index contributed by atoms with van der Waals surface area (Å²) in [5.41, 5.74) is 1.37. The second-order valence-electron chi connectivity index (χ2n) is 5.54. The molecule has 1 unspecified atom stereocenters. The Hall–Kier alpha value is -2.25. The van der Waals surface area contributed by atoms with Gasteiger partial charge in [-0.3, -0.25) is 9.59 Å². The molecule has 0 aromatic heterocycles. The normalized spacial score (nSPS) is 20.1. The molecule has 124 valence electrons. The molecule has 0 spiro atoms. The fraction of sp³-hybridized carbons (Fsp3) is 0.467. The van der Waals surface area contributed by atoms with Gasteiger partial charge in [0.2, 0.25) is 5.91 Å². The Morgan fingerprint density at radius 3 is 2.83 bits per heavy atom. The molecule has 1 saturated heterocycles. The van der Waals surface area contributed by atoms with Gasteiger partial charge in [0.25, 0.3) is 0 Å². The summed E-state index contributed by atoms with van der Waals surface area (Å²) < 4.78 is 43.3. The SMILES string of the molecule is O=C(Nc1cccc2c1OCC2)C1CCCN1C(=O)C(F)(F)F. The maximum absolute atomic E-state index is 12.6. The average molecular weight is 328 g/mol. The van der Waals surface area contributed by atoms with E-state index in [2.05, 4.69) is 5.32 Å². The first kappa shape index (κ1) is 15.6. The molecule has 0 radical (unpaired) electrons. The highest BCUT2D eigenvalue weighted by Gasteiger charge is 2.47. The number of rotatable bonds is 2. The monoisotopic (exact) mass is 328 g/mol. The number of halogens is 3. The third-order valence-electron chi connectivity index (χ3n) is 4.03. The molecule has 2 heterocycles. The van der Waals surface area contributed by atoms with Crippen LogP contribution in [0.15, 0.2) is 18.2 Å². The first-order valence-electron chi connectivity index (χ1n) is 7.31. The lowest BCUT2D eigenvalue weighted by atomic mass is 10.1. The van der Waals surface area contributed by atoms with E-state index in [0.717, 1.165) is 12.0 Å². The largest absolute Gasteiger partial charge is 0.491 e. The Morgan fingerprint density at radius 1 is 1.30 bits per heavy atom. The molecule has 1 atom stereocenters. The number of fused-ring (bicyclic) bond motifs is 1. The van der Waals surface area contributed by atoms with Crippen LogP contribution in [-0.4, -0.2) is 42.1 Å². The van der Waals surface area contributed by atoms with Crippen LogP contribution in [0.3, 0.4) is 0 Å². The Morgan fingerprint density at radius 2 is 2.09 bits per heavy atom. The summed E-state index contributed by atoms with van der Waals surface area (Å²) in [6.07, 6.45) is -3.67. The van der Waals surface area contributed by atoms with Gasteiger partial charge >= 0.3 is 12.1 Å². The van der Waals surface area contributed by atoms with E-state index in [9.17, 15) is 22.8 Å². The van der Waals surface area contributed by atoms with Gasteiger partial charge in [0, 0.05) is 13.0 Å². The van der Waals surface area contributed by atoms with Crippen LogP contribution in [0.2, 0.25) is 0 Å². The van der Waals surface area contributed by atoms with Gasteiger partial charge in [0.15, 0.2) is 0 Å². The highest BCUT2D eigenvalue weighted by Crippen LogP contribution is 2.34. The summed E-state index contributed by atoms with van der Waals surface area (Å²) in [6.45, 7) is 0.435. The van der Waals surface area contributed by atoms with E-state index in [1.165, 1.54) is 0 Å². The van der Waals surface area contributed by atoms with E-state index in [0.29, 0.717) is 29.4 Å². The zero-order valence-electron chi connectivity index (χ0n) is 12.2. The number of nitrogens with zero attached hydrogens (tertiary/aromatic N) is 1. The number of benzene rings is 1. The molecule has 1 aromatic rings. The number of nitrogens with one attached hydrogen (secondary N) is 1. The van der Waals surface area contributed by atoms with E-state index >= 15 is 0 Å². The zero-order chi connectivity index (χ0) is 16.6. The van der Waals surface area contributed by atoms with Gasteiger partial charge in [-0.2, -0.15) is 13.2 Å². The number of hydrogen-bond acceptors (Lipinski definition) is 3. The fourth-order valence-corrected chi connectivity index (χ4v) is 2.97. The van der Waals surface area contributed by atoms with Crippen LogP contribution in [0.25, 0.3) is 0 Å². The molecule has 1 fully saturated rings. The lowest BCUT2D eigenvalue weighted by Crippen LogP contribution is -2.48. The number of anilines is 1. The van der Waals surface area contributed by atoms with E-state index < -0.39 is 24.0 Å². The van der Waals surface area contributed by atoms with E-state index in [4.69, 9.17) is 4.74 Å². The van der Waals surface area contributed by atoms with Gasteiger partial charge in [0.05, 0.1) is 12.3 Å². The smallest absolute Gasteiger partial charge is 0.471 e. The Bertz CT molecular complexity index is 645. The minimum Gasteiger partial charge on any atom is -0.491 e. The van der Waals surface area contributed by atoms with Crippen molar-refractivity contribution in [3.05, 3.63) is 23.8 Å². The van der Waals surface area contributed by atoms with Crippen molar-refractivity contribution in [1.29, 1.82) is 0 Å². The van der Waals surface area contributed by atoms with Gasteiger partial charge in [-0.25, -0.2) is 0 Å². The van der Waals surface area contributed by atoms with Crippen molar-refractivity contribution in [2.45, 2.75) is 31.5 Å². The average Bonchev–Trinajstić information content (AvgIpc) is 3.14. The number of hydrogen-bond donors (Lipinski definition) is 1. The predicted molar refractivity (Wildman–Crippen MR) is 75.1 cm³/mol.